The first-order chi connectivity index (χ1) is 7.20. The summed E-state index contributed by atoms with van der Waals surface area (Å²) < 4.78 is 0. The van der Waals surface area contributed by atoms with Crippen molar-refractivity contribution in [1.82, 2.24) is 4.98 Å². The van der Waals surface area contributed by atoms with Crippen LogP contribution in [0.2, 0.25) is 0 Å². The predicted octanol–water partition coefficient (Wildman–Crippen LogP) is 2.89. The standard InChI is InChI=1S/C12H14N2S/c1-8-4-3-5-10(6-8)12-14-9(2)11(7-13)15-12/h3-6H,7,13H2,1-2H3. The van der Waals surface area contributed by atoms with Crippen LogP contribution >= 0.6 is 11.3 Å². The van der Waals surface area contributed by atoms with Crippen LogP contribution in [0.1, 0.15) is 16.1 Å². The van der Waals surface area contributed by atoms with E-state index in [0.29, 0.717) is 6.54 Å². The average molecular weight is 218 g/mol. The molecule has 2 aromatic rings. The molecule has 1 heterocycles. The van der Waals surface area contributed by atoms with Gasteiger partial charge in [-0.05, 0) is 19.9 Å². The van der Waals surface area contributed by atoms with Crippen molar-refractivity contribution in [3.8, 4) is 10.6 Å². The van der Waals surface area contributed by atoms with Gasteiger partial charge in [0, 0.05) is 17.0 Å². The van der Waals surface area contributed by atoms with Crippen molar-refractivity contribution < 1.29 is 0 Å². The van der Waals surface area contributed by atoms with Crippen LogP contribution in [0.15, 0.2) is 24.3 Å². The summed E-state index contributed by atoms with van der Waals surface area (Å²) in [5, 5.41) is 1.07. The molecule has 0 aliphatic rings. The molecule has 3 heteroatoms. The second-order valence-corrected chi connectivity index (χ2v) is 4.68. The van der Waals surface area contributed by atoms with Crippen molar-refractivity contribution in [2.24, 2.45) is 5.73 Å². The zero-order chi connectivity index (χ0) is 10.8. The van der Waals surface area contributed by atoms with Crippen LogP contribution in [0.3, 0.4) is 0 Å². The Bertz CT molecular complexity index is 474. The van der Waals surface area contributed by atoms with E-state index in [2.05, 4.69) is 36.2 Å². The molecule has 78 valence electrons. The van der Waals surface area contributed by atoms with Gasteiger partial charge in [0.1, 0.15) is 5.01 Å². The van der Waals surface area contributed by atoms with Gasteiger partial charge < -0.3 is 5.73 Å². The van der Waals surface area contributed by atoms with Crippen molar-refractivity contribution in [3.63, 3.8) is 0 Å². The molecule has 0 atom stereocenters. The van der Waals surface area contributed by atoms with Gasteiger partial charge in [-0.15, -0.1) is 11.3 Å². The highest BCUT2D eigenvalue weighted by Gasteiger charge is 2.07. The zero-order valence-electron chi connectivity index (χ0n) is 8.95. The van der Waals surface area contributed by atoms with Crippen molar-refractivity contribution in [1.29, 1.82) is 0 Å². The van der Waals surface area contributed by atoms with E-state index >= 15 is 0 Å². The van der Waals surface area contributed by atoms with Gasteiger partial charge in [0.2, 0.25) is 0 Å². The number of nitrogens with two attached hydrogens (primary N) is 1. The summed E-state index contributed by atoms with van der Waals surface area (Å²) in [6.07, 6.45) is 0. The van der Waals surface area contributed by atoms with Crippen molar-refractivity contribution >= 4 is 11.3 Å². The normalized spacial score (nSPS) is 10.6. The maximum atomic E-state index is 5.64. The van der Waals surface area contributed by atoms with Crippen LogP contribution in [0.5, 0.6) is 0 Å². The topological polar surface area (TPSA) is 38.9 Å². The molecular formula is C12H14N2S. The summed E-state index contributed by atoms with van der Waals surface area (Å²) in [4.78, 5) is 5.70. The fourth-order valence-corrected chi connectivity index (χ4v) is 2.46. The Morgan fingerprint density at radius 1 is 1.33 bits per heavy atom. The third-order valence-corrected chi connectivity index (χ3v) is 3.57. The lowest BCUT2D eigenvalue weighted by Gasteiger charge is -1.96. The highest BCUT2D eigenvalue weighted by molar-refractivity contribution is 7.15. The molecule has 0 radical (unpaired) electrons. The Hall–Kier alpha value is -1.19. The molecule has 1 aromatic heterocycles. The molecule has 2 N–H and O–H groups in total. The highest BCUT2D eigenvalue weighted by atomic mass is 32.1. The Morgan fingerprint density at radius 3 is 2.73 bits per heavy atom. The summed E-state index contributed by atoms with van der Waals surface area (Å²) in [6, 6.07) is 8.39. The van der Waals surface area contributed by atoms with Gasteiger partial charge in [-0.3, -0.25) is 0 Å². The largest absolute Gasteiger partial charge is 0.326 e. The second-order valence-electron chi connectivity index (χ2n) is 3.60. The van der Waals surface area contributed by atoms with Crippen LogP contribution in [-0.2, 0) is 6.54 Å². The average Bonchev–Trinajstić information content (AvgIpc) is 2.60. The molecule has 0 saturated heterocycles. The molecule has 0 aliphatic heterocycles. The van der Waals surface area contributed by atoms with Crippen molar-refractivity contribution in [2.75, 3.05) is 0 Å². The summed E-state index contributed by atoms with van der Waals surface area (Å²) in [6.45, 7) is 4.68. The molecule has 0 aliphatic carbocycles. The maximum Gasteiger partial charge on any atom is 0.123 e. The van der Waals surface area contributed by atoms with Crippen molar-refractivity contribution in [3.05, 3.63) is 40.4 Å². The second kappa shape index (κ2) is 4.13. The Labute approximate surface area is 93.8 Å². The zero-order valence-corrected chi connectivity index (χ0v) is 9.77. The molecule has 0 amide bonds. The number of hydrogen-bond acceptors (Lipinski definition) is 3. The number of aryl methyl sites for hydroxylation is 2. The molecule has 2 nitrogen and oxygen atoms in total. The van der Waals surface area contributed by atoms with E-state index in [-0.39, 0.29) is 0 Å². The fourth-order valence-electron chi connectivity index (χ4n) is 1.52. The predicted molar refractivity (Wildman–Crippen MR) is 64.9 cm³/mol. The molecule has 1 aromatic carbocycles. The number of aromatic nitrogens is 1. The Balaban J connectivity index is 2.45. The molecule has 0 saturated carbocycles. The first-order valence-electron chi connectivity index (χ1n) is 4.94. The van der Waals surface area contributed by atoms with Gasteiger partial charge in [0.15, 0.2) is 0 Å². The molecule has 0 bridgehead atoms. The van der Waals surface area contributed by atoms with Gasteiger partial charge in [0.05, 0.1) is 5.69 Å². The van der Waals surface area contributed by atoms with Gasteiger partial charge in [-0.2, -0.15) is 0 Å². The van der Waals surface area contributed by atoms with Gasteiger partial charge >= 0.3 is 0 Å². The van der Waals surface area contributed by atoms with E-state index in [9.17, 15) is 0 Å². The lowest BCUT2D eigenvalue weighted by atomic mass is 10.1. The smallest absolute Gasteiger partial charge is 0.123 e. The lowest BCUT2D eigenvalue weighted by Crippen LogP contribution is -1.94. The third-order valence-electron chi connectivity index (χ3n) is 2.34. The third kappa shape index (κ3) is 2.08. The van der Waals surface area contributed by atoms with E-state index in [1.54, 1.807) is 11.3 Å². The number of thiazole rings is 1. The molecule has 0 spiro atoms. The first kappa shape index (κ1) is 10.3. The van der Waals surface area contributed by atoms with E-state index in [4.69, 9.17) is 5.73 Å². The highest BCUT2D eigenvalue weighted by Crippen LogP contribution is 2.27. The molecule has 0 fully saturated rings. The number of benzene rings is 1. The van der Waals surface area contributed by atoms with Crippen LogP contribution in [0, 0.1) is 13.8 Å². The molecule has 0 unspecified atom stereocenters. The summed E-state index contributed by atoms with van der Waals surface area (Å²) in [5.74, 6) is 0. The van der Waals surface area contributed by atoms with Gasteiger partial charge in [0.25, 0.3) is 0 Å². The monoisotopic (exact) mass is 218 g/mol. The molecular weight excluding hydrogens is 204 g/mol. The summed E-state index contributed by atoms with van der Waals surface area (Å²) >= 11 is 1.69. The number of nitrogens with zero attached hydrogens (tertiary/aromatic N) is 1. The Kier molecular flexibility index (Phi) is 2.84. The van der Waals surface area contributed by atoms with Crippen LogP contribution < -0.4 is 5.73 Å². The minimum atomic E-state index is 0.579. The van der Waals surface area contributed by atoms with Crippen LogP contribution in [-0.4, -0.2) is 4.98 Å². The fraction of sp³-hybridized carbons (Fsp3) is 0.250. The van der Waals surface area contributed by atoms with Crippen molar-refractivity contribution in [2.45, 2.75) is 20.4 Å². The minimum Gasteiger partial charge on any atom is -0.326 e. The van der Waals surface area contributed by atoms with Gasteiger partial charge in [-0.25, -0.2) is 4.98 Å². The van der Waals surface area contributed by atoms with Crippen LogP contribution in [0.25, 0.3) is 10.6 Å². The molecule has 2 rings (SSSR count). The quantitative estimate of drug-likeness (QED) is 0.841. The summed E-state index contributed by atoms with van der Waals surface area (Å²) in [7, 11) is 0. The molecule has 15 heavy (non-hydrogen) atoms. The van der Waals surface area contributed by atoms with E-state index in [1.165, 1.54) is 16.0 Å². The first-order valence-corrected chi connectivity index (χ1v) is 5.76. The minimum absolute atomic E-state index is 0.579. The number of hydrogen-bond donors (Lipinski definition) is 1. The van der Waals surface area contributed by atoms with E-state index in [0.717, 1.165) is 10.7 Å². The lowest BCUT2D eigenvalue weighted by molar-refractivity contribution is 1.06. The number of rotatable bonds is 2. The summed E-state index contributed by atoms with van der Waals surface area (Å²) in [5.41, 5.74) is 9.14. The van der Waals surface area contributed by atoms with E-state index < -0.39 is 0 Å². The Morgan fingerprint density at radius 2 is 2.13 bits per heavy atom. The van der Waals surface area contributed by atoms with Gasteiger partial charge in [-0.1, -0.05) is 23.8 Å². The van der Waals surface area contributed by atoms with Crippen LogP contribution in [0.4, 0.5) is 0 Å². The van der Waals surface area contributed by atoms with E-state index in [1.807, 2.05) is 6.92 Å². The SMILES string of the molecule is Cc1cccc(-c2nc(C)c(CN)s2)c1. The maximum absolute atomic E-state index is 5.64.